The Hall–Kier alpha value is 0.0201. The standard InChI is InChI=1S/C10H12F.2CH3.In/c1-9-5-2-3-6-10(9)7-4-8-11;;;/h2-3,5-6H,1,4,7-8H2;2*1H3;. The Morgan fingerprint density at radius 1 is 1.14 bits per heavy atom. The minimum atomic E-state index is -1.18. The summed E-state index contributed by atoms with van der Waals surface area (Å²) in [6.45, 7) is -0.195. The van der Waals surface area contributed by atoms with Crippen LogP contribution in [0.4, 0.5) is 4.39 Å². The predicted octanol–water partition coefficient (Wildman–Crippen LogP) is 3.42. The van der Waals surface area contributed by atoms with Gasteiger partial charge in [0.15, 0.2) is 0 Å². The van der Waals surface area contributed by atoms with E-state index < -0.39 is 21.4 Å². The predicted molar refractivity (Wildman–Crippen MR) is 61.9 cm³/mol. The summed E-state index contributed by atoms with van der Waals surface area (Å²) in [5.41, 5.74) is 2.85. The summed E-state index contributed by atoms with van der Waals surface area (Å²) in [6, 6.07) is 8.53. The second-order valence-corrected chi connectivity index (χ2v) is 13.3. The quantitative estimate of drug-likeness (QED) is 0.781. The molecule has 0 aromatic heterocycles. The molecule has 1 rings (SSSR count). The van der Waals surface area contributed by atoms with Gasteiger partial charge in [-0.1, -0.05) is 0 Å². The number of hydrogen-bond acceptors (Lipinski definition) is 0. The third-order valence-electron chi connectivity index (χ3n) is 2.33. The first-order chi connectivity index (χ1) is 6.74. The molecule has 0 spiro atoms. The van der Waals surface area contributed by atoms with Crippen LogP contribution in [0.2, 0.25) is 9.36 Å². The molecule has 0 amide bonds. The van der Waals surface area contributed by atoms with Gasteiger partial charge >= 0.3 is 94.3 Å². The molecule has 0 saturated carbocycles. The van der Waals surface area contributed by atoms with E-state index >= 15 is 0 Å². The van der Waals surface area contributed by atoms with E-state index in [-0.39, 0.29) is 6.67 Å². The van der Waals surface area contributed by atoms with Crippen molar-refractivity contribution in [1.29, 1.82) is 0 Å². The van der Waals surface area contributed by atoms with Crippen molar-refractivity contribution in [2.24, 2.45) is 0 Å². The van der Waals surface area contributed by atoms with Gasteiger partial charge < -0.3 is 0 Å². The molecule has 0 heterocycles. The van der Waals surface area contributed by atoms with E-state index in [1.54, 1.807) is 0 Å². The molecule has 0 fully saturated rings. The molecule has 0 aliphatic rings. The van der Waals surface area contributed by atoms with Crippen molar-refractivity contribution in [3.8, 4) is 0 Å². The van der Waals surface area contributed by atoms with E-state index in [4.69, 9.17) is 0 Å². The SMILES string of the molecule is [CH3][In]([CH3])[CH2]c1ccccc1CCCF. The fraction of sp³-hybridized carbons (Fsp3) is 0.500. The number of alkyl halides is 1. The van der Waals surface area contributed by atoms with Gasteiger partial charge in [-0.05, 0) is 0 Å². The van der Waals surface area contributed by atoms with Crippen LogP contribution in [0.1, 0.15) is 17.5 Å². The summed E-state index contributed by atoms with van der Waals surface area (Å²) in [7, 11) is 0. The van der Waals surface area contributed by atoms with Crippen LogP contribution >= 0.6 is 0 Å². The summed E-state index contributed by atoms with van der Waals surface area (Å²) < 4.78 is 18.2. The number of rotatable bonds is 5. The van der Waals surface area contributed by atoms with E-state index in [2.05, 4.69) is 33.6 Å². The van der Waals surface area contributed by atoms with Gasteiger partial charge in [-0.3, -0.25) is 0 Å². The fourth-order valence-electron chi connectivity index (χ4n) is 1.70. The Morgan fingerprint density at radius 2 is 1.79 bits per heavy atom. The van der Waals surface area contributed by atoms with Crippen molar-refractivity contribution in [2.75, 3.05) is 6.67 Å². The summed E-state index contributed by atoms with van der Waals surface area (Å²) in [5, 5.41) is 0. The second kappa shape index (κ2) is 6.49. The Kier molecular flexibility index (Phi) is 5.61. The normalized spacial score (nSPS) is 10.2. The summed E-state index contributed by atoms with van der Waals surface area (Å²) >= 11 is -1.18. The van der Waals surface area contributed by atoms with E-state index in [0.717, 1.165) is 6.42 Å². The van der Waals surface area contributed by atoms with Gasteiger partial charge in [-0.15, -0.1) is 0 Å². The summed E-state index contributed by atoms with van der Waals surface area (Å²) in [4.78, 5) is 0. The Balaban J connectivity index is 2.69. The van der Waals surface area contributed by atoms with Gasteiger partial charge in [0.1, 0.15) is 0 Å². The van der Waals surface area contributed by atoms with Crippen molar-refractivity contribution in [1.82, 2.24) is 0 Å². The molecule has 0 N–H and O–H groups in total. The number of benzene rings is 1. The average molecular weight is 296 g/mol. The van der Waals surface area contributed by atoms with Gasteiger partial charge in [-0.25, -0.2) is 0 Å². The molecular formula is C12H18FIn. The van der Waals surface area contributed by atoms with Crippen molar-refractivity contribution in [3.63, 3.8) is 0 Å². The van der Waals surface area contributed by atoms with Crippen LogP contribution in [0.5, 0.6) is 0 Å². The molecule has 76 valence electrons. The van der Waals surface area contributed by atoms with E-state index in [9.17, 15) is 4.39 Å². The maximum absolute atomic E-state index is 12.1. The first kappa shape index (κ1) is 12.1. The van der Waals surface area contributed by atoms with Crippen LogP contribution in [0.15, 0.2) is 24.3 Å². The zero-order chi connectivity index (χ0) is 10.4. The van der Waals surface area contributed by atoms with Crippen LogP contribution in [0.3, 0.4) is 0 Å². The summed E-state index contributed by atoms with van der Waals surface area (Å²) in [6.07, 6.45) is 1.58. The fourth-order valence-corrected chi connectivity index (χ4v) is 5.34. The third kappa shape index (κ3) is 4.04. The molecule has 0 saturated heterocycles. The van der Waals surface area contributed by atoms with E-state index in [1.807, 2.05) is 0 Å². The number of hydrogen-bond donors (Lipinski definition) is 0. The minimum absolute atomic E-state index is 0.195. The molecule has 0 atom stereocenters. The average Bonchev–Trinajstić information content (AvgIpc) is 2.16. The van der Waals surface area contributed by atoms with Crippen molar-refractivity contribution >= 4 is 21.4 Å². The third-order valence-corrected chi connectivity index (χ3v) is 5.91. The topological polar surface area (TPSA) is 0 Å². The number of halogens is 1. The van der Waals surface area contributed by atoms with E-state index in [1.165, 1.54) is 15.3 Å². The number of aryl methyl sites for hydroxylation is 1. The molecule has 0 nitrogen and oxygen atoms in total. The molecule has 0 unspecified atom stereocenters. The van der Waals surface area contributed by atoms with Gasteiger partial charge in [0.25, 0.3) is 0 Å². The molecule has 0 aliphatic heterocycles. The molecule has 0 aliphatic carbocycles. The summed E-state index contributed by atoms with van der Waals surface area (Å²) in [5.74, 6) is 0. The van der Waals surface area contributed by atoms with Crippen LogP contribution in [0, 0.1) is 0 Å². The zero-order valence-corrected chi connectivity index (χ0v) is 12.4. The molecule has 0 bridgehead atoms. The Morgan fingerprint density at radius 3 is 2.36 bits per heavy atom. The van der Waals surface area contributed by atoms with Gasteiger partial charge in [0.2, 0.25) is 0 Å². The monoisotopic (exact) mass is 296 g/mol. The molecule has 1 aromatic rings. The Bertz CT molecular complexity index is 271. The van der Waals surface area contributed by atoms with Crippen molar-refractivity contribution in [3.05, 3.63) is 35.4 Å². The van der Waals surface area contributed by atoms with Gasteiger partial charge in [0, 0.05) is 0 Å². The zero-order valence-electron chi connectivity index (χ0n) is 9.09. The molecule has 2 heteroatoms. The first-order valence-electron chi connectivity index (χ1n) is 5.36. The van der Waals surface area contributed by atoms with E-state index in [0.29, 0.717) is 6.42 Å². The van der Waals surface area contributed by atoms with Gasteiger partial charge in [0.05, 0.1) is 0 Å². The molecule has 14 heavy (non-hydrogen) atoms. The first-order valence-corrected chi connectivity index (χ1v) is 14.3. The maximum atomic E-state index is 12.1. The van der Waals surface area contributed by atoms with Crippen molar-refractivity contribution in [2.45, 2.75) is 26.4 Å². The molecular weight excluding hydrogens is 278 g/mol. The molecule has 1 aromatic carbocycles. The molecule has 0 radical (unpaired) electrons. The second-order valence-electron chi connectivity index (χ2n) is 4.16. The Labute approximate surface area is 94.1 Å². The van der Waals surface area contributed by atoms with Crippen LogP contribution in [-0.2, 0) is 10.6 Å². The van der Waals surface area contributed by atoms with Crippen LogP contribution in [-0.4, -0.2) is 28.1 Å². The van der Waals surface area contributed by atoms with Crippen LogP contribution in [0.25, 0.3) is 0 Å². The van der Waals surface area contributed by atoms with Crippen LogP contribution < -0.4 is 0 Å². The van der Waals surface area contributed by atoms with Crippen molar-refractivity contribution < 1.29 is 4.39 Å². The van der Waals surface area contributed by atoms with Gasteiger partial charge in [-0.2, -0.15) is 0 Å².